The Hall–Kier alpha value is -1.49. The van der Waals surface area contributed by atoms with Crippen molar-refractivity contribution in [3.63, 3.8) is 0 Å². The molecule has 0 amide bonds. The van der Waals surface area contributed by atoms with Crippen LogP contribution in [0.1, 0.15) is 37.5 Å². The average molecular weight is 203 g/mol. The maximum atomic E-state index is 10.0. The SMILES string of the molecule is Cc1cc(CC#N)c(O)c(C(C)(C)C)c1. The molecule has 0 spiro atoms. The molecule has 1 N–H and O–H groups in total. The summed E-state index contributed by atoms with van der Waals surface area (Å²) < 4.78 is 0. The lowest BCUT2D eigenvalue weighted by atomic mass is 9.84. The van der Waals surface area contributed by atoms with Gasteiger partial charge in [-0.25, -0.2) is 0 Å². The van der Waals surface area contributed by atoms with E-state index >= 15 is 0 Å². The smallest absolute Gasteiger partial charge is 0.123 e. The fraction of sp³-hybridized carbons (Fsp3) is 0.462. The highest BCUT2D eigenvalue weighted by molar-refractivity contribution is 5.47. The highest BCUT2D eigenvalue weighted by Crippen LogP contribution is 2.34. The summed E-state index contributed by atoms with van der Waals surface area (Å²) in [5.74, 6) is 0.273. The first-order chi connectivity index (χ1) is 6.86. The normalized spacial score (nSPS) is 11.1. The molecule has 1 aromatic rings. The summed E-state index contributed by atoms with van der Waals surface area (Å²) in [6.45, 7) is 8.14. The van der Waals surface area contributed by atoms with Crippen molar-refractivity contribution in [2.45, 2.75) is 39.5 Å². The molecule has 1 aromatic carbocycles. The highest BCUT2D eigenvalue weighted by Gasteiger charge is 2.20. The van der Waals surface area contributed by atoms with E-state index in [1.54, 1.807) is 0 Å². The zero-order valence-corrected chi connectivity index (χ0v) is 9.76. The van der Waals surface area contributed by atoms with Crippen LogP contribution in [-0.4, -0.2) is 5.11 Å². The van der Waals surface area contributed by atoms with Gasteiger partial charge in [-0.05, 0) is 17.9 Å². The van der Waals surface area contributed by atoms with Gasteiger partial charge in [-0.3, -0.25) is 0 Å². The molecule has 0 fully saturated rings. The Kier molecular flexibility index (Phi) is 3.04. The van der Waals surface area contributed by atoms with E-state index in [0.29, 0.717) is 0 Å². The summed E-state index contributed by atoms with van der Waals surface area (Å²) in [4.78, 5) is 0. The summed E-state index contributed by atoms with van der Waals surface area (Å²) in [5, 5.41) is 18.7. The molecule has 1 rings (SSSR count). The van der Waals surface area contributed by atoms with E-state index in [9.17, 15) is 5.11 Å². The van der Waals surface area contributed by atoms with Gasteiger partial charge in [0.1, 0.15) is 5.75 Å². The van der Waals surface area contributed by atoms with Crippen LogP contribution < -0.4 is 0 Å². The Balaban J connectivity index is 3.36. The second kappa shape index (κ2) is 3.94. The number of hydrogen-bond acceptors (Lipinski definition) is 2. The lowest BCUT2D eigenvalue weighted by Gasteiger charge is -2.22. The lowest BCUT2D eigenvalue weighted by Crippen LogP contribution is -2.12. The van der Waals surface area contributed by atoms with Crippen molar-refractivity contribution >= 4 is 0 Å². The van der Waals surface area contributed by atoms with E-state index in [2.05, 4.69) is 26.8 Å². The number of nitriles is 1. The van der Waals surface area contributed by atoms with E-state index < -0.39 is 0 Å². The van der Waals surface area contributed by atoms with Gasteiger partial charge < -0.3 is 5.11 Å². The molecule has 0 aliphatic rings. The second-order valence-electron chi connectivity index (χ2n) is 4.91. The molecule has 0 saturated carbocycles. The molecule has 0 bridgehead atoms. The van der Waals surface area contributed by atoms with Crippen molar-refractivity contribution in [2.24, 2.45) is 0 Å². The number of aryl methyl sites for hydroxylation is 1. The fourth-order valence-corrected chi connectivity index (χ4v) is 1.65. The van der Waals surface area contributed by atoms with Crippen molar-refractivity contribution in [1.29, 1.82) is 5.26 Å². The van der Waals surface area contributed by atoms with E-state index in [-0.39, 0.29) is 17.6 Å². The van der Waals surface area contributed by atoms with Crippen LogP contribution in [0.2, 0.25) is 0 Å². The maximum absolute atomic E-state index is 10.0. The summed E-state index contributed by atoms with van der Waals surface area (Å²) >= 11 is 0. The molecule has 0 heterocycles. The van der Waals surface area contributed by atoms with Gasteiger partial charge in [0.15, 0.2) is 0 Å². The zero-order valence-electron chi connectivity index (χ0n) is 9.76. The fourth-order valence-electron chi connectivity index (χ4n) is 1.65. The van der Waals surface area contributed by atoms with Gasteiger partial charge in [0.05, 0.1) is 12.5 Å². The first-order valence-corrected chi connectivity index (χ1v) is 5.06. The molecule has 0 aliphatic heterocycles. The zero-order chi connectivity index (χ0) is 11.6. The Morgan fingerprint density at radius 3 is 2.40 bits per heavy atom. The average Bonchev–Trinajstić information content (AvgIpc) is 2.09. The van der Waals surface area contributed by atoms with E-state index in [1.165, 1.54) is 0 Å². The number of hydrogen-bond donors (Lipinski definition) is 1. The molecule has 0 saturated heterocycles. The molecule has 0 aliphatic carbocycles. The molecule has 80 valence electrons. The van der Waals surface area contributed by atoms with Gasteiger partial charge >= 0.3 is 0 Å². The molecule has 0 unspecified atom stereocenters. The van der Waals surface area contributed by atoms with E-state index in [4.69, 9.17) is 5.26 Å². The predicted octanol–water partition coefficient (Wildman–Crippen LogP) is 3.06. The Morgan fingerprint density at radius 2 is 1.93 bits per heavy atom. The van der Waals surface area contributed by atoms with Crippen LogP contribution in [0.25, 0.3) is 0 Å². The summed E-state index contributed by atoms with van der Waals surface area (Å²) in [6.07, 6.45) is 0.261. The third-order valence-electron chi connectivity index (χ3n) is 2.41. The minimum atomic E-state index is -0.0969. The van der Waals surface area contributed by atoms with Gasteiger partial charge in [-0.1, -0.05) is 38.5 Å². The van der Waals surface area contributed by atoms with Gasteiger partial charge in [0.25, 0.3) is 0 Å². The number of phenols is 1. The number of aromatic hydroxyl groups is 1. The number of benzene rings is 1. The molecule has 0 aromatic heterocycles. The third kappa shape index (κ3) is 2.50. The van der Waals surface area contributed by atoms with Crippen molar-refractivity contribution in [1.82, 2.24) is 0 Å². The first-order valence-electron chi connectivity index (χ1n) is 5.06. The van der Waals surface area contributed by atoms with Crippen LogP contribution >= 0.6 is 0 Å². The minimum absolute atomic E-state index is 0.0969. The molecule has 2 nitrogen and oxygen atoms in total. The van der Waals surface area contributed by atoms with Crippen molar-refractivity contribution in [2.75, 3.05) is 0 Å². The van der Waals surface area contributed by atoms with Crippen molar-refractivity contribution in [3.05, 3.63) is 28.8 Å². The van der Waals surface area contributed by atoms with Crippen molar-refractivity contribution in [3.8, 4) is 11.8 Å². The third-order valence-corrected chi connectivity index (χ3v) is 2.41. The predicted molar refractivity (Wildman–Crippen MR) is 60.9 cm³/mol. The quantitative estimate of drug-likeness (QED) is 0.762. The van der Waals surface area contributed by atoms with Crippen LogP contribution in [0.15, 0.2) is 12.1 Å². The maximum Gasteiger partial charge on any atom is 0.123 e. The molecular formula is C13H17NO. The van der Waals surface area contributed by atoms with Crippen LogP contribution in [-0.2, 0) is 11.8 Å². The second-order valence-corrected chi connectivity index (χ2v) is 4.91. The lowest BCUT2D eigenvalue weighted by molar-refractivity contribution is 0.441. The topological polar surface area (TPSA) is 44.0 Å². The van der Waals surface area contributed by atoms with Gasteiger partial charge in [0, 0.05) is 5.56 Å². The van der Waals surface area contributed by atoms with Crippen LogP contribution in [0.4, 0.5) is 0 Å². The van der Waals surface area contributed by atoms with Gasteiger partial charge in [-0.2, -0.15) is 5.26 Å². The van der Waals surface area contributed by atoms with Gasteiger partial charge in [0.2, 0.25) is 0 Å². The highest BCUT2D eigenvalue weighted by atomic mass is 16.3. The van der Waals surface area contributed by atoms with E-state index in [1.807, 2.05) is 19.1 Å². The molecule has 15 heavy (non-hydrogen) atoms. The van der Waals surface area contributed by atoms with E-state index in [0.717, 1.165) is 16.7 Å². The van der Waals surface area contributed by atoms with Crippen LogP contribution in [0.3, 0.4) is 0 Å². The largest absolute Gasteiger partial charge is 0.507 e. The Morgan fingerprint density at radius 1 is 1.33 bits per heavy atom. The minimum Gasteiger partial charge on any atom is -0.507 e. The summed E-state index contributed by atoms with van der Waals surface area (Å²) in [7, 11) is 0. The van der Waals surface area contributed by atoms with Gasteiger partial charge in [-0.15, -0.1) is 0 Å². The Bertz CT molecular complexity index is 408. The Labute approximate surface area is 91.2 Å². The molecule has 2 heteroatoms. The molecular weight excluding hydrogens is 186 g/mol. The van der Waals surface area contributed by atoms with Crippen LogP contribution in [0, 0.1) is 18.3 Å². The first kappa shape index (κ1) is 11.6. The standard InChI is InChI=1S/C13H17NO/c1-9-7-10(5-6-14)12(15)11(8-9)13(2,3)4/h7-8,15H,5H2,1-4H3. The molecule has 0 radical (unpaired) electrons. The summed E-state index contributed by atoms with van der Waals surface area (Å²) in [5.41, 5.74) is 2.62. The number of nitrogens with zero attached hydrogens (tertiary/aromatic N) is 1. The van der Waals surface area contributed by atoms with Crippen molar-refractivity contribution < 1.29 is 5.11 Å². The monoisotopic (exact) mass is 203 g/mol. The number of rotatable bonds is 1. The summed E-state index contributed by atoms with van der Waals surface area (Å²) in [6, 6.07) is 5.92. The molecule has 0 atom stereocenters. The number of phenolic OH excluding ortho intramolecular Hbond substituents is 1. The van der Waals surface area contributed by atoms with Crippen LogP contribution in [0.5, 0.6) is 5.75 Å².